The molecule has 1 aliphatic rings. The summed E-state index contributed by atoms with van der Waals surface area (Å²) < 4.78 is 0. The molecule has 0 bridgehead atoms. The van der Waals surface area contributed by atoms with Gasteiger partial charge in [0.2, 0.25) is 11.8 Å². The molecule has 146 valence electrons. The summed E-state index contributed by atoms with van der Waals surface area (Å²) in [5.74, 6) is -1.33. The van der Waals surface area contributed by atoms with E-state index in [0.717, 1.165) is 4.90 Å². The van der Waals surface area contributed by atoms with Crippen molar-refractivity contribution < 1.29 is 24.3 Å². The van der Waals surface area contributed by atoms with Crippen LogP contribution in [-0.2, 0) is 19.8 Å². The number of imide groups is 2. The monoisotopic (exact) mass is 375 g/mol. The lowest BCUT2D eigenvalue weighted by Gasteiger charge is -2.39. The average molecular weight is 375 g/mol. The first-order valence-corrected chi connectivity index (χ1v) is 9.07. The summed E-state index contributed by atoms with van der Waals surface area (Å²) in [7, 11) is 0. The lowest BCUT2D eigenvalue weighted by Crippen LogP contribution is -2.65. The van der Waals surface area contributed by atoms with E-state index in [4.69, 9.17) is 5.11 Å². The molecule has 1 unspecified atom stereocenters. The first-order valence-electron chi connectivity index (χ1n) is 9.07. The second-order valence-electron chi connectivity index (χ2n) is 6.37. The van der Waals surface area contributed by atoms with Crippen LogP contribution in [0.2, 0.25) is 0 Å². The van der Waals surface area contributed by atoms with Gasteiger partial charge in [-0.1, -0.05) is 37.3 Å². The summed E-state index contributed by atoms with van der Waals surface area (Å²) in [5, 5.41) is 13.5. The Morgan fingerprint density at radius 3 is 2.52 bits per heavy atom. The van der Waals surface area contributed by atoms with Gasteiger partial charge in [-0.2, -0.15) is 0 Å². The molecule has 1 saturated heterocycles. The Morgan fingerprint density at radius 1 is 1.19 bits per heavy atom. The highest BCUT2D eigenvalue weighted by atomic mass is 16.3. The maximum Gasteiger partial charge on any atom is 0.330 e. The number of carbonyl (C=O) groups excluding carboxylic acids is 4. The Labute approximate surface area is 157 Å². The van der Waals surface area contributed by atoms with Crippen molar-refractivity contribution in [2.45, 2.75) is 38.0 Å². The fourth-order valence-electron chi connectivity index (χ4n) is 3.23. The van der Waals surface area contributed by atoms with Gasteiger partial charge in [0.1, 0.15) is 0 Å². The number of hydrogen-bond donors (Lipinski definition) is 3. The van der Waals surface area contributed by atoms with Gasteiger partial charge < -0.3 is 10.4 Å². The van der Waals surface area contributed by atoms with Gasteiger partial charge in [0, 0.05) is 19.5 Å². The van der Waals surface area contributed by atoms with E-state index in [1.807, 2.05) is 0 Å². The number of unbranched alkanes of at least 4 members (excludes halogenated alkanes) is 1. The number of rotatable bonds is 9. The van der Waals surface area contributed by atoms with Crippen LogP contribution in [0.15, 0.2) is 30.3 Å². The molecule has 8 nitrogen and oxygen atoms in total. The number of nitrogens with zero attached hydrogens (tertiary/aromatic N) is 1. The summed E-state index contributed by atoms with van der Waals surface area (Å²) in [6.45, 7) is 1.94. The highest BCUT2D eigenvalue weighted by molar-refractivity contribution is 6.22. The van der Waals surface area contributed by atoms with E-state index in [2.05, 4.69) is 10.6 Å². The molecule has 1 atom stereocenters. The second-order valence-corrected chi connectivity index (χ2v) is 6.37. The van der Waals surface area contributed by atoms with Crippen molar-refractivity contribution in [1.29, 1.82) is 0 Å². The van der Waals surface area contributed by atoms with Crippen molar-refractivity contribution in [2.75, 3.05) is 19.7 Å². The molecule has 1 aliphatic heterocycles. The molecule has 0 spiro atoms. The SMILES string of the molecule is CCC1(c2ccccc2)C(=O)NC(=O)N(CCCCC(=O)NCCO)C1=O. The highest BCUT2D eigenvalue weighted by Gasteiger charge is 2.53. The van der Waals surface area contributed by atoms with Crippen molar-refractivity contribution in [3.8, 4) is 0 Å². The number of barbiturate groups is 1. The molecule has 2 rings (SSSR count). The predicted octanol–water partition coefficient (Wildman–Crippen LogP) is 0.692. The van der Waals surface area contributed by atoms with Crippen LogP contribution < -0.4 is 10.6 Å². The number of nitrogens with one attached hydrogen (secondary N) is 2. The molecule has 1 fully saturated rings. The fourth-order valence-corrected chi connectivity index (χ4v) is 3.23. The molecule has 1 aromatic carbocycles. The smallest absolute Gasteiger partial charge is 0.330 e. The van der Waals surface area contributed by atoms with Crippen LogP contribution in [-0.4, -0.2) is 53.5 Å². The van der Waals surface area contributed by atoms with E-state index < -0.39 is 23.3 Å². The van der Waals surface area contributed by atoms with Crippen LogP contribution in [0.25, 0.3) is 0 Å². The minimum absolute atomic E-state index is 0.124. The number of carbonyl (C=O) groups is 4. The molecular formula is C19H25N3O5. The Kier molecular flexibility index (Phi) is 7.06. The van der Waals surface area contributed by atoms with E-state index in [9.17, 15) is 19.2 Å². The maximum atomic E-state index is 13.1. The third kappa shape index (κ3) is 4.33. The Morgan fingerprint density at radius 2 is 1.89 bits per heavy atom. The summed E-state index contributed by atoms with van der Waals surface area (Å²) in [5.41, 5.74) is -0.871. The normalized spacial score (nSPS) is 19.8. The number of benzene rings is 1. The summed E-state index contributed by atoms with van der Waals surface area (Å²) in [6, 6.07) is 7.98. The van der Waals surface area contributed by atoms with Gasteiger partial charge in [-0.25, -0.2) is 4.79 Å². The molecular weight excluding hydrogens is 350 g/mol. The van der Waals surface area contributed by atoms with E-state index in [1.54, 1.807) is 37.3 Å². The minimum Gasteiger partial charge on any atom is -0.395 e. The lowest BCUT2D eigenvalue weighted by atomic mass is 9.74. The Balaban J connectivity index is 2.07. The molecule has 27 heavy (non-hydrogen) atoms. The summed E-state index contributed by atoms with van der Waals surface area (Å²) in [6.07, 6.45) is 1.39. The van der Waals surface area contributed by atoms with Gasteiger partial charge in [0.15, 0.2) is 5.41 Å². The molecule has 1 aromatic rings. The van der Waals surface area contributed by atoms with Crippen LogP contribution in [0.3, 0.4) is 0 Å². The minimum atomic E-state index is -1.42. The zero-order valence-corrected chi connectivity index (χ0v) is 15.4. The first kappa shape index (κ1) is 20.6. The van der Waals surface area contributed by atoms with Crippen LogP contribution >= 0.6 is 0 Å². The molecule has 1 heterocycles. The lowest BCUT2D eigenvalue weighted by molar-refractivity contribution is -0.145. The van der Waals surface area contributed by atoms with Gasteiger partial charge in [0.05, 0.1) is 6.61 Å². The van der Waals surface area contributed by atoms with Crippen LogP contribution in [0, 0.1) is 0 Å². The quantitative estimate of drug-likeness (QED) is 0.434. The zero-order valence-electron chi connectivity index (χ0n) is 15.4. The van der Waals surface area contributed by atoms with E-state index in [1.165, 1.54) is 0 Å². The fraction of sp³-hybridized carbons (Fsp3) is 0.474. The second kappa shape index (κ2) is 9.27. The van der Waals surface area contributed by atoms with Gasteiger partial charge >= 0.3 is 6.03 Å². The van der Waals surface area contributed by atoms with Crippen molar-refractivity contribution in [3.63, 3.8) is 0 Å². The zero-order chi connectivity index (χ0) is 19.9. The van der Waals surface area contributed by atoms with E-state index in [0.29, 0.717) is 18.4 Å². The topological polar surface area (TPSA) is 116 Å². The van der Waals surface area contributed by atoms with Gasteiger partial charge in [0.25, 0.3) is 5.91 Å². The van der Waals surface area contributed by atoms with Crippen LogP contribution in [0.5, 0.6) is 0 Å². The molecule has 0 radical (unpaired) electrons. The van der Waals surface area contributed by atoms with Gasteiger partial charge in [-0.15, -0.1) is 0 Å². The molecule has 0 aliphatic carbocycles. The third-order valence-corrected chi connectivity index (χ3v) is 4.73. The van der Waals surface area contributed by atoms with Crippen LogP contribution in [0.1, 0.15) is 38.2 Å². The number of urea groups is 1. The first-order chi connectivity index (χ1) is 13.0. The van der Waals surface area contributed by atoms with Crippen molar-refractivity contribution in [2.24, 2.45) is 0 Å². The van der Waals surface area contributed by atoms with E-state index in [-0.39, 0.29) is 38.4 Å². The predicted molar refractivity (Wildman–Crippen MR) is 97.6 cm³/mol. The van der Waals surface area contributed by atoms with Crippen molar-refractivity contribution in [3.05, 3.63) is 35.9 Å². The van der Waals surface area contributed by atoms with Crippen molar-refractivity contribution >= 4 is 23.8 Å². The number of hydrogen-bond acceptors (Lipinski definition) is 5. The van der Waals surface area contributed by atoms with Crippen LogP contribution in [0.4, 0.5) is 4.79 Å². The average Bonchev–Trinajstić information content (AvgIpc) is 2.67. The molecule has 5 amide bonds. The number of amides is 5. The summed E-state index contributed by atoms with van der Waals surface area (Å²) in [4.78, 5) is 50.5. The van der Waals surface area contributed by atoms with Gasteiger partial charge in [-0.3, -0.25) is 24.6 Å². The number of aliphatic hydroxyl groups excluding tert-OH is 1. The summed E-state index contributed by atoms with van der Waals surface area (Å²) >= 11 is 0. The number of aliphatic hydroxyl groups is 1. The molecule has 0 saturated carbocycles. The highest BCUT2D eigenvalue weighted by Crippen LogP contribution is 2.33. The largest absolute Gasteiger partial charge is 0.395 e. The Bertz CT molecular complexity index is 707. The third-order valence-electron chi connectivity index (χ3n) is 4.73. The van der Waals surface area contributed by atoms with E-state index >= 15 is 0 Å². The van der Waals surface area contributed by atoms with Gasteiger partial charge in [-0.05, 0) is 24.8 Å². The maximum absolute atomic E-state index is 13.1. The van der Waals surface area contributed by atoms with Crippen molar-refractivity contribution in [1.82, 2.24) is 15.5 Å². The Hall–Kier alpha value is -2.74. The molecule has 3 N–H and O–H groups in total. The molecule has 0 aromatic heterocycles. The standard InChI is InChI=1S/C19H25N3O5/c1-2-19(14-8-4-3-5-9-14)16(25)21-18(27)22(17(19)26)12-7-6-10-15(24)20-11-13-23/h3-5,8-9,23H,2,6-7,10-13H2,1H3,(H,20,24)(H,21,25,27). The molecule has 8 heteroatoms.